The van der Waals surface area contributed by atoms with Gasteiger partial charge in [-0.3, -0.25) is 65.0 Å². The molecule has 0 saturated carbocycles. The monoisotopic (exact) mass is 1790 g/mol. The first kappa shape index (κ1) is 101. The van der Waals surface area contributed by atoms with Gasteiger partial charge in [-0.1, -0.05) is 77.9 Å². The highest BCUT2D eigenvalue weighted by Crippen LogP contribution is 2.63. The maximum atomic E-state index is 12.7. The van der Waals surface area contributed by atoms with Crippen LogP contribution in [0.15, 0.2) is 25.3 Å². The first-order valence-electron chi connectivity index (χ1n) is 33.8. The van der Waals surface area contributed by atoms with Gasteiger partial charge in [0.1, 0.15) is 78.6 Å². The van der Waals surface area contributed by atoms with Gasteiger partial charge in [-0.25, -0.2) is 57.3 Å². The van der Waals surface area contributed by atoms with Crippen molar-refractivity contribution >= 4 is 145 Å². The van der Waals surface area contributed by atoms with Gasteiger partial charge in [0.15, 0.2) is 51.9 Å². The third-order valence-electron chi connectivity index (χ3n) is 15.3. The van der Waals surface area contributed by atoms with Gasteiger partial charge in [0.25, 0.3) is 0 Å². The molecule has 6 heterocycles. The van der Waals surface area contributed by atoms with E-state index in [0.717, 1.165) is 83.7 Å². The number of fused-ring (bicyclic) bond motifs is 2. The van der Waals surface area contributed by atoms with Gasteiger partial charge in [0.05, 0.1) is 45.7 Å². The molecule has 2 fully saturated rings. The number of ether oxygens (including phenoxy) is 2. The standard InChI is InChI=1S/2C26H44N7O17P3S.C3H6O3/c2*1-4-5-6-17(35)54-10-9-28-16(34)7-8-29-24(38)21(37)26(2,3)12-47-53(44,45)50-52(42,43)46-11-15-20(49-51(39,40)41)19(36)25(48-15)33-14-32-18-22(27)30-13-31-23(18)33;4-1-3(6)2-5/h2*13-15,19-21,25,36-37H,4-12H2,1-3H3,(H,28,34)(H,29,38)(H,42,43)(H,44,45)(H2,27,30,31)(H2,39,40,41);1,3,5-6H,2H2/t2*15-,19-,20-,21+,25-;/m11./s1. The average molecular weight is 1790 g/mol. The number of aliphatic hydroxyl groups is 6. The third-order valence-corrected chi connectivity index (χ3v) is 23.4. The molecule has 0 aromatic carbocycles. The quantitative estimate of drug-likeness (QED) is 0.0132. The van der Waals surface area contributed by atoms with Crippen LogP contribution in [0.2, 0.25) is 0 Å². The van der Waals surface area contributed by atoms with Gasteiger partial charge in [0, 0.05) is 74.2 Å². The van der Waals surface area contributed by atoms with E-state index in [9.17, 15) is 121 Å². The van der Waals surface area contributed by atoms with E-state index in [2.05, 4.69) is 68.8 Å². The summed E-state index contributed by atoms with van der Waals surface area (Å²) in [6.45, 7) is 4.55. The van der Waals surface area contributed by atoms with Crippen molar-refractivity contribution in [3.63, 3.8) is 0 Å². The number of imidazole rings is 2. The number of carbonyl (C=O) groups is 7. The number of thioether (sulfide) groups is 2. The largest absolute Gasteiger partial charge is 0.481 e. The second kappa shape index (κ2) is 45.8. The molecule has 2 aliphatic rings. The lowest BCUT2D eigenvalue weighted by Crippen LogP contribution is -2.46. The number of phosphoric ester groups is 6. The lowest BCUT2D eigenvalue weighted by atomic mass is 9.87. The molecule has 22 N–H and O–H groups in total. The second-order valence-electron chi connectivity index (χ2n) is 25.7. The summed E-state index contributed by atoms with van der Waals surface area (Å²) in [7, 11) is -32.7. The lowest BCUT2D eigenvalue weighted by Gasteiger charge is -2.30. The van der Waals surface area contributed by atoms with E-state index >= 15 is 0 Å². The zero-order valence-electron chi connectivity index (χ0n) is 61.6. The van der Waals surface area contributed by atoms with Crippen LogP contribution in [-0.2, 0) is 106 Å². The summed E-state index contributed by atoms with van der Waals surface area (Å²) in [6, 6.07) is 0. The Morgan fingerprint density at radius 1 is 0.553 bits per heavy atom. The molecule has 15 atom stereocenters. The average Bonchev–Trinajstić information content (AvgIpc) is 1.62. The minimum absolute atomic E-state index is 0.0306. The summed E-state index contributed by atoms with van der Waals surface area (Å²) in [5.74, 6) is -2.09. The van der Waals surface area contributed by atoms with E-state index in [1.54, 1.807) is 0 Å². The van der Waals surface area contributed by atoms with E-state index in [1.165, 1.54) is 27.7 Å². The van der Waals surface area contributed by atoms with Crippen molar-refractivity contribution in [2.75, 3.05) is 82.2 Å². The number of rotatable bonds is 46. The fraction of sp³-hybridized carbons (Fsp3) is 0.691. The number of anilines is 2. The Labute approximate surface area is 656 Å². The molecule has 0 radical (unpaired) electrons. The van der Waals surface area contributed by atoms with E-state index in [0.29, 0.717) is 24.3 Å². The number of amides is 4. The van der Waals surface area contributed by atoms with Crippen LogP contribution in [0.25, 0.3) is 22.3 Å². The smallest absolute Gasteiger partial charge is 0.393 e. The van der Waals surface area contributed by atoms with Crippen molar-refractivity contribution in [1.82, 2.24) is 60.3 Å². The predicted molar refractivity (Wildman–Crippen MR) is 392 cm³/mol. The fourth-order valence-electron chi connectivity index (χ4n) is 9.42. The number of aliphatic hydroxyl groups excluding tert-OH is 6. The molecule has 4 aromatic rings. The molecular weight excluding hydrogens is 1700 g/mol. The molecule has 2 saturated heterocycles. The van der Waals surface area contributed by atoms with Gasteiger partial charge in [-0.15, -0.1) is 0 Å². The van der Waals surface area contributed by atoms with Crippen LogP contribution in [0.5, 0.6) is 0 Å². The van der Waals surface area contributed by atoms with Crippen LogP contribution >= 0.6 is 70.5 Å². The molecule has 5 unspecified atom stereocenters. The number of hydrogen-bond acceptors (Lipinski definition) is 39. The van der Waals surface area contributed by atoms with Crippen molar-refractivity contribution in [2.24, 2.45) is 10.8 Å². The SMILES string of the molecule is CCCCC(=O)SCCNC(=O)CCNC(=O)[C@H](O)C(C)(C)COP(=O)(O)OP(=O)(O)OC[C@H]1O[C@@H](n2cnc3c(N)ncnc32)[C@H](O)[C@@H]1OP(=O)(O)O.CCCCC(=O)SCCNC(=O)CCNC(=O)[C@H](O)C(C)(C)COP(=O)(O)OP(=O)(O)OC[C@H]1O[C@@H](n2cnc3c(N)ncnc32)[C@H](O)[C@@H]1OP(=O)(O)O.O=CC(O)CO. The molecule has 114 heavy (non-hydrogen) atoms. The number of nitrogens with zero attached hydrogens (tertiary/aromatic N) is 8. The number of nitrogens with two attached hydrogens (primary N) is 2. The van der Waals surface area contributed by atoms with Crippen LogP contribution in [-0.4, -0.2) is 275 Å². The molecule has 4 aromatic heterocycles. The summed E-state index contributed by atoms with van der Waals surface area (Å²) in [4.78, 5) is 183. The van der Waals surface area contributed by atoms with Crippen LogP contribution in [0.1, 0.15) is 105 Å². The van der Waals surface area contributed by atoms with E-state index in [1.807, 2.05) is 13.8 Å². The maximum Gasteiger partial charge on any atom is 0.481 e. The van der Waals surface area contributed by atoms with Crippen LogP contribution in [0.4, 0.5) is 11.6 Å². The number of aldehydes is 1. The zero-order valence-corrected chi connectivity index (χ0v) is 68.6. The van der Waals surface area contributed by atoms with Gasteiger partial charge < -0.3 is 117 Å². The highest BCUT2D eigenvalue weighted by atomic mass is 32.2. The molecule has 0 spiro atoms. The summed E-state index contributed by atoms with van der Waals surface area (Å²) in [5.41, 5.74) is 8.54. The molecular formula is C55H94N14O37P6S2. The van der Waals surface area contributed by atoms with E-state index < -0.39 is 182 Å². The highest BCUT2D eigenvalue weighted by molar-refractivity contribution is 8.13. The molecule has 0 bridgehead atoms. The number of hydrogen-bond donors (Lipinski definition) is 20. The van der Waals surface area contributed by atoms with Crippen molar-refractivity contribution in [3.8, 4) is 0 Å². The molecule has 2 aliphatic heterocycles. The summed E-state index contributed by atoms with van der Waals surface area (Å²) in [6.07, 6.45) is -10.4. The van der Waals surface area contributed by atoms with Crippen molar-refractivity contribution in [1.29, 1.82) is 0 Å². The van der Waals surface area contributed by atoms with Gasteiger partial charge >= 0.3 is 46.9 Å². The van der Waals surface area contributed by atoms with Gasteiger partial charge in [0.2, 0.25) is 23.6 Å². The number of nitrogen functional groups attached to an aromatic ring is 2. The molecule has 6 rings (SSSR count). The molecule has 51 nitrogen and oxygen atoms in total. The minimum atomic E-state index is -5.56. The Bertz CT molecular complexity index is 3920. The zero-order chi connectivity index (χ0) is 86.0. The third kappa shape index (κ3) is 34.2. The van der Waals surface area contributed by atoms with Crippen molar-refractivity contribution in [2.45, 2.75) is 160 Å². The number of carbonyl (C=O) groups excluding carboxylic acids is 7. The number of nitrogens with one attached hydrogen (secondary N) is 4. The number of aromatic nitrogens is 8. The van der Waals surface area contributed by atoms with Crippen LogP contribution in [0.3, 0.4) is 0 Å². The fourth-order valence-corrected chi connectivity index (χ4v) is 16.5. The maximum absolute atomic E-state index is 12.7. The number of unbranched alkanes of at least 4 members (excludes halogenated alkanes) is 2. The molecule has 648 valence electrons. The Morgan fingerprint density at radius 2 is 0.904 bits per heavy atom. The van der Waals surface area contributed by atoms with Gasteiger partial charge in [-0.05, 0) is 12.8 Å². The first-order chi connectivity index (χ1) is 52.9. The Hall–Kier alpha value is -5.29. The first-order valence-corrected chi connectivity index (χ1v) is 44.8. The molecule has 4 amide bonds. The highest BCUT2D eigenvalue weighted by Gasteiger charge is 2.53. The molecule has 59 heteroatoms. The Kier molecular flexibility index (Phi) is 40.6. The van der Waals surface area contributed by atoms with Gasteiger partial charge in [-0.2, -0.15) is 8.62 Å². The topological polar surface area (TPSA) is 785 Å². The summed E-state index contributed by atoms with van der Waals surface area (Å²) in [5, 5.41) is 68.6. The number of phosphoric acid groups is 6. The predicted octanol–water partition coefficient (Wildman–Crippen LogP) is -1.75. The lowest BCUT2D eigenvalue weighted by molar-refractivity contribution is -0.137. The minimum Gasteiger partial charge on any atom is -0.393 e. The summed E-state index contributed by atoms with van der Waals surface area (Å²) < 4.78 is 124. The van der Waals surface area contributed by atoms with Crippen LogP contribution in [0, 0.1) is 10.8 Å². The van der Waals surface area contributed by atoms with Crippen LogP contribution < -0.4 is 32.7 Å². The Morgan fingerprint density at radius 3 is 1.22 bits per heavy atom. The van der Waals surface area contributed by atoms with Crippen molar-refractivity contribution < 1.29 is 176 Å². The van der Waals surface area contributed by atoms with Crippen molar-refractivity contribution in [3.05, 3.63) is 25.3 Å². The van der Waals surface area contributed by atoms with E-state index in [-0.39, 0.29) is 89.5 Å². The molecule has 0 aliphatic carbocycles. The van der Waals surface area contributed by atoms with E-state index in [4.69, 9.17) is 49.2 Å². The summed E-state index contributed by atoms with van der Waals surface area (Å²) >= 11 is 2.22. The second-order valence-corrected chi connectivity index (χ2v) is 36.4. The Balaban J connectivity index is 0.000000448. The normalized spacial score (nSPS) is 21.6.